The number of aliphatic carboxylic acids is 1. The van der Waals surface area contributed by atoms with Crippen LogP contribution in [0.4, 0.5) is 4.79 Å². The van der Waals surface area contributed by atoms with Gasteiger partial charge in [-0.25, -0.2) is 13.2 Å². The van der Waals surface area contributed by atoms with E-state index >= 15 is 0 Å². The average molecular weight is 304 g/mol. The fraction of sp³-hybridized carbons (Fsp3) is 0.833. The molecule has 1 unspecified atom stereocenters. The van der Waals surface area contributed by atoms with Crippen molar-refractivity contribution >= 4 is 21.8 Å². The van der Waals surface area contributed by atoms with Crippen molar-refractivity contribution in [1.29, 1.82) is 0 Å². The number of amides is 2. The number of urea groups is 1. The standard InChI is InChI=1S/C12H20N2O5S/c15-11(16)8-10-2-1-5-14(10)12(17)13-9-3-6-20(18,19)7-4-9/h9-10H,1-8H2,(H,13,17)(H,15,16). The van der Waals surface area contributed by atoms with E-state index < -0.39 is 15.8 Å². The minimum atomic E-state index is -2.94. The highest BCUT2D eigenvalue weighted by Gasteiger charge is 2.32. The van der Waals surface area contributed by atoms with Crippen LogP contribution in [0.3, 0.4) is 0 Å². The number of carboxylic acid groups (broad SMARTS) is 1. The zero-order chi connectivity index (χ0) is 14.8. The van der Waals surface area contributed by atoms with Crippen molar-refractivity contribution in [3.63, 3.8) is 0 Å². The molecule has 2 aliphatic rings. The number of likely N-dealkylation sites (tertiary alicyclic amines) is 1. The van der Waals surface area contributed by atoms with Gasteiger partial charge in [0.15, 0.2) is 0 Å². The predicted molar refractivity (Wildman–Crippen MR) is 72.2 cm³/mol. The summed E-state index contributed by atoms with van der Waals surface area (Å²) in [7, 11) is -2.94. The van der Waals surface area contributed by atoms with Crippen LogP contribution in [0.5, 0.6) is 0 Å². The van der Waals surface area contributed by atoms with Crippen LogP contribution in [-0.2, 0) is 14.6 Å². The van der Waals surface area contributed by atoms with Gasteiger partial charge in [-0.15, -0.1) is 0 Å². The van der Waals surface area contributed by atoms with Crippen LogP contribution in [-0.4, -0.2) is 60.6 Å². The summed E-state index contributed by atoms with van der Waals surface area (Å²) in [5.41, 5.74) is 0. The lowest BCUT2D eigenvalue weighted by Gasteiger charge is -2.28. The zero-order valence-electron chi connectivity index (χ0n) is 11.2. The highest BCUT2D eigenvalue weighted by molar-refractivity contribution is 7.91. The molecule has 0 aromatic heterocycles. The molecule has 0 bridgehead atoms. The van der Waals surface area contributed by atoms with Crippen molar-refractivity contribution in [3.05, 3.63) is 0 Å². The number of carbonyl (C=O) groups is 2. The van der Waals surface area contributed by atoms with Gasteiger partial charge in [0.25, 0.3) is 0 Å². The molecular formula is C12H20N2O5S. The Balaban J connectivity index is 1.87. The summed E-state index contributed by atoms with van der Waals surface area (Å²) in [6, 6.07) is -0.644. The van der Waals surface area contributed by atoms with Crippen LogP contribution < -0.4 is 5.32 Å². The Morgan fingerprint density at radius 1 is 1.20 bits per heavy atom. The summed E-state index contributed by atoms with van der Waals surface area (Å²) in [5, 5.41) is 11.7. The molecule has 0 radical (unpaired) electrons. The normalized spacial score (nSPS) is 26.4. The number of nitrogens with one attached hydrogen (secondary N) is 1. The van der Waals surface area contributed by atoms with Crippen molar-refractivity contribution in [2.45, 2.75) is 44.2 Å². The molecule has 2 fully saturated rings. The molecule has 8 heteroatoms. The van der Waals surface area contributed by atoms with Gasteiger partial charge >= 0.3 is 12.0 Å². The van der Waals surface area contributed by atoms with Gasteiger partial charge in [0.05, 0.1) is 17.9 Å². The van der Waals surface area contributed by atoms with Crippen molar-refractivity contribution in [2.24, 2.45) is 0 Å². The Bertz CT molecular complexity index is 476. The highest BCUT2D eigenvalue weighted by atomic mass is 32.2. The second-order valence-electron chi connectivity index (χ2n) is 5.46. The van der Waals surface area contributed by atoms with Crippen molar-refractivity contribution < 1.29 is 23.1 Å². The molecule has 114 valence electrons. The topological polar surface area (TPSA) is 104 Å². The predicted octanol–water partition coefficient (Wildman–Crippen LogP) is 0.212. The number of hydrogen-bond donors (Lipinski definition) is 2. The summed E-state index contributed by atoms with van der Waals surface area (Å²) < 4.78 is 22.6. The van der Waals surface area contributed by atoms with Crippen molar-refractivity contribution in [2.75, 3.05) is 18.1 Å². The summed E-state index contributed by atoms with van der Waals surface area (Å²) in [6.07, 6.45) is 2.35. The van der Waals surface area contributed by atoms with Crippen LogP contribution in [0.25, 0.3) is 0 Å². The van der Waals surface area contributed by atoms with Crippen LogP contribution in [0.15, 0.2) is 0 Å². The summed E-state index contributed by atoms with van der Waals surface area (Å²) in [6.45, 7) is 0.564. The van der Waals surface area contributed by atoms with E-state index in [9.17, 15) is 18.0 Å². The zero-order valence-corrected chi connectivity index (χ0v) is 12.1. The Labute approximate surface area is 118 Å². The van der Waals surface area contributed by atoms with Gasteiger partial charge in [-0.3, -0.25) is 4.79 Å². The van der Waals surface area contributed by atoms with E-state index in [1.54, 1.807) is 4.90 Å². The van der Waals surface area contributed by atoms with Gasteiger partial charge in [-0.1, -0.05) is 0 Å². The van der Waals surface area contributed by atoms with Gasteiger partial charge < -0.3 is 15.3 Å². The van der Waals surface area contributed by atoms with Gasteiger partial charge in [-0.2, -0.15) is 0 Å². The lowest BCUT2D eigenvalue weighted by atomic mass is 10.1. The molecule has 0 spiro atoms. The largest absolute Gasteiger partial charge is 0.481 e. The minimum absolute atomic E-state index is 0.0353. The molecule has 2 amide bonds. The highest BCUT2D eigenvalue weighted by Crippen LogP contribution is 2.21. The lowest BCUT2D eigenvalue weighted by Crippen LogP contribution is -2.49. The molecule has 7 nitrogen and oxygen atoms in total. The van der Waals surface area contributed by atoms with Gasteiger partial charge in [0.1, 0.15) is 9.84 Å². The number of nitrogens with zero attached hydrogens (tertiary/aromatic N) is 1. The number of carbonyl (C=O) groups excluding carboxylic acids is 1. The van der Waals surface area contributed by atoms with Crippen LogP contribution in [0, 0.1) is 0 Å². The molecule has 0 aromatic rings. The van der Waals surface area contributed by atoms with E-state index in [1.807, 2.05) is 0 Å². The van der Waals surface area contributed by atoms with Crippen molar-refractivity contribution in [3.8, 4) is 0 Å². The second-order valence-corrected chi connectivity index (χ2v) is 7.77. The molecular weight excluding hydrogens is 284 g/mol. The quantitative estimate of drug-likeness (QED) is 0.776. The van der Waals surface area contributed by atoms with Gasteiger partial charge in [0, 0.05) is 18.6 Å². The Kier molecular flexibility index (Phi) is 4.52. The molecule has 0 saturated carbocycles. The fourth-order valence-electron chi connectivity index (χ4n) is 2.81. The lowest BCUT2D eigenvalue weighted by molar-refractivity contribution is -0.137. The third kappa shape index (κ3) is 3.84. The monoisotopic (exact) mass is 304 g/mol. The molecule has 1 atom stereocenters. The number of sulfone groups is 1. The number of rotatable bonds is 3. The van der Waals surface area contributed by atoms with E-state index in [2.05, 4.69) is 5.32 Å². The van der Waals surface area contributed by atoms with E-state index in [1.165, 1.54) is 0 Å². The van der Waals surface area contributed by atoms with E-state index in [0.29, 0.717) is 25.8 Å². The molecule has 2 N–H and O–H groups in total. The van der Waals surface area contributed by atoms with Crippen LogP contribution >= 0.6 is 0 Å². The van der Waals surface area contributed by atoms with E-state index in [4.69, 9.17) is 5.11 Å². The number of carboxylic acids is 1. The summed E-state index contributed by atoms with van der Waals surface area (Å²) >= 11 is 0. The van der Waals surface area contributed by atoms with Crippen LogP contribution in [0.1, 0.15) is 32.1 Å². The molecule has 2 aliphatic heterocycles. The summed E-state index contributed by atoms with van der Waals surface area (Å²) in [5.74, 6) is -0.689. The third-order valence-corrected chi connectivity index (χ3v) is 5.65. The first kappa shape index (κ1) is 15.1. The average Bonchev–Trinajstić information content (AvgIpc) is 2.79. The van der Waals surface area contributed by atoms with Crippen LogP contribution in [0.2, 0.25) is 0 Å². The first-order valence-electron chi connectivity index (χ1n) is 6.87. The van der Waals surface area contributed by atoms with E-state index in [-0.39, 0.29) is 36.0 Å². The third-order valence-electron chi connectivity index (χ3n) is 3.93. The smallest absolute Gasteiger partial charge is 0.317 e. The SMILES string of the molecule is O=C(O)CC1CCCN1C(=O)NC1CCS(=O)(=O)CC1. The van der Waals surface area contributed by atoms with Gasteiger partial charge in [-0.05, 0) is 25.7 Å². The molecule has 0 aromatic carbocycles. The first-order valence-corrected chi connectivity index (χ1v) is 8.69. The maximum absolute atomic E-state index is 12.1. The fourth-order valence-corrected chi connectivity index (χ4v) is 4.30. The Hall–Kier alpha value is -1.31. The Morgan fingerprint density at radius 3 is 2.45 bits per heavy atom. The minimum Gasteiger partial charge on any atom is -0.481 e. The molecule has 2 saturated heterocycles. The second kappa shape index (κ2) is 5.99. The molecule has 2 rings (SSSR count). The van der Waals surface area contributed by atoms with Gasteiger partial charge in [0.2, 0.25) is 0 Å². The van der Waals surface area contributed by atoms with E-state index in [0.717, 1.165) is 6.42 Å². The number of hydrogen-bond acceptors (Lipinski definition) is 4. The molecule has 0 aliphatic carbocycles. The summed E-state index contributed by atoms with van der Waals surface area (Å²) in [4.78, 5) is 24.5. The first-order chi connectivity index (χ1) is 9.37. The molecule has 2 heterocycles. The molecule has 20 heavy (non-hydrogen) atoms. The maximum Gasteiger partial charge on any atom is 0.317 e. The van der Waals surface area contributed by atoms with Crippen molar-refractivity contribution in [1.82, 2.24) is 10.2 Å². The maximum atomic E-state index is 12.1. The Morgan fingerprint density at radius 2 is 1.85 bits per heavy atom.